The molecule has 2 N–H and O–H groups in total. The Labute approximate surface area is 96.5 Å². The fourth-order valence-electron chi connectivity index (χ4n) is 1.33. The first-order valence-corrected chi connectivity index (χ1v) is 6.48. The second kappa shape index (κ2) is 3.55. The number of hydrogen-bond acceptors (Lipinski definition) is 6. The van der Waals surface area contributed by atoms with Crippen LogP contribution in [-0.4, -0.2) is 28.8 Å². The van der Waals surface area contributed by atoms with Crippen LogP contribution in [0.4, 0.5) is 6.01 Å². The highest BCUT2D eigenvalue weighted by Gasteiger charge is 2.30. The number of hydrogen-bond donors (Lipinski definition) is 2. The van der Waals surface area contributed by atoms with Gasteiger partial charge in [-0.2, -0.15) is 5.10 Å². The summed E-state index contributed by atoms with van der Waals surface area (Å²) >= 11 is 0. The van der Waals surface area contributed by atoms with Crippen LogP contribution in [0.15, 0.2) is 21.7 Å². The molecule has 0 spiro atoms. The van der Waals surface area contributed by atoms with Crippen molar-refractivity contribution < 1.29 is 12.8 Å². The summed E-state index contributed by atoms with van der Waals surface area (Å²) in [7, 11) is -3.70. The van der Waals surface area contributed by atoms with E-state index in [0.717, 1.165) is 12.8 Å². The predicted octanol–water partition coefficient (Wildman–Crippen LogP) is 0.471. The van der Waals surface area contributed by atoms with Crippen LogP contribution >= 0.6 is 0 Å². The van der Waals surface area contributed by atoms with E-state index < -0.39 is 10.0 Å². The van der Waals surface area contributed by atoms with Gasteiger partial charge in [0, 0.05) is 12.1 Å². The second-order valence-electron chi connectivity index (χ2n) is 3.76. The summed E-state index contributed by atoms with van der Waals surface area (Å²) in [4.78, 5) is 0.0173. The molecule has 0 bridgehead atoms. The van der Waals surface area contributed by atoms with E-state index in [2.05, 4.69) is 25.1 Å². The number of anilines is 1. The Bertz CT molecular complexity index is 613. The van der Waals surface area contributed by atoms with E-state index in [9.17, 15) is 8.42 Å². The molecule has 9 heteroatoms. The lowest BCUT2D eigenvalue weighted by Gasteiger charge is -1.99. The van der Waals surface area contributed by atoms with Gasteiger partial charge >= 0.3 is 6.01 Å². The molecule has 1 aliphatic carbocycles. The summed E-state index contributed by atoms with van der Waals surface area (Å²) in [5.74, 6) is 0.768. The lowest BCUT2D eigenvalue weighted by Crippen LogP contribution is -2.12. The number of sulfonamides is 1. The van der Waals surface area contributed by atoms with E-state index in [1.807, 2.05) is 0 Å². The minimum absolute atomic E-state index is 0.0173. The Morgan fingerprint density at radius 3 is 2.88 bits per heavy atom. The smallest absolute Gasteiger partial charge is 0.329 e. The number of nitrogens with one attached hydrogen (secondary N) is 2. The van der Waals surface area contributed by atoms with Crippen molar-refractivity contribution in [2.75, 3.05) is 4.72 Å². The molecule has 0 aromatic carbocycles. The standard InChI is InChI=1S/C8H9N5O3S/c14-17(15,6-3-9-10-4-6)13-8-12-11-7(16-8)5-1-2-5/h3-5H,1-2H2,(H,9,10)(H,12,13). The molecular formula is C8H9N5O3S. The Morgan fingerprint density at radius 1 is 1.41 bits per heavy atom. The van der Waals surface area contributed by atoms with Crippen LogP contribution in [0.3, 0.4) is 0 Å². The SMILES string of the molecule is O=S(=O)(Nc1nnc(C2CC2)o1)c1cn[nH]c1. The van der Waals surface area contributed by atoms with E-state index in [1.54, 1.807) is 0 Å². The van der Waals surface area contributed by atoms with E-state index >= 15 is 0 Å². The lowest BCUT2D eigenvalue weighted by molar-refractivity contribution is 0.510. The van der Waals surface area contributed by atoms with Gasteiger partial charge in [0.15, 0.2) is 0 Å². The topological polar surface area (TPSA) is 114 Å². The monoisotopic (exact) mass is 255 g/mol. The summed E-state index contributed by atoms with van der Waals surface area (Å²) in [5, 5.41) is 13.4. The van der Waals surface area contributed by atoms with Crippen molar-refractivity contribution in [1.82, 2.24) is 20.4 Å². The van der Waals surface area contributed by atoms with Crippen LogP contribution in [0.25, 0.3) is 0 Å². The van der Waals surface area contributed by atoms with Crippen molar-refractivity contribution in [2.24, 2.45) is 0 Å². The summed E-state index contributed by atoms with van der Waals surface area (Å²) in [6.45, 7) is 0. The predicted molar refractivity (Wildman–Crippen MR) is 55.7 cm³/mol. The molecule has 17 heavy (non-hydrogen) atoms. The van der Waals surface area contributed by atoms with Crippen molar-refractivity contribution >= 4 is 16.0 Å². The van der Waals surface area contributed by atoms with Gasteiger partial charge in [0.25, 0.3) is 10.0 Å². The maximum absolute atomic E-state index is 11.8. The summed E-state index contributed by atoms with van der Waals surface area (Å²) < 4.78 is 30.9. The van der Waals surface area contributed by atoms with Gasteiger partial charge in [-0.25, -0.2) is 13.1 Å². The van der Waals surface area contributed by atoms with Crippen LogP contribution in [0.2, 0.25) is 0 Å². The minimum atomic E-state index is -3.70. The largest absolute Gasteiger partial charge is 0.407 e. The second-order valence-corrected chi connectivity index (χ2v) is 5.44. The van der Waals surface area contributed by atoms with Gasteiger partial charge in [0.05, 0.1) is 6.20 Å². The third-order valence-corrected chi connectivity index (χ3v) is 3.66. The first-order chi connectivity index (χ1) is 8.15. The summed E-state index contributed by atoms with van der Waals surface area (Å²) in [6.07, 6.45) is 4.48. The van der Waals surface area contributed by atoms with Crippen molar-refractivity contribution in [2.45, 2.75) is 23.7 Å². The average molecular weight is 255 g/mol. The number of aromatic amines is 1. The lowest BCUT2D eigenvalue weighted by atomic mass is 10.4. The van der Waals surface area contributed by atoms with Gasteiger partial charge in [-0.1, -0.05) is 5.10 Å². The van der Waals surface area contributed by atoms with E-state index in [0.29, 0.717) is 5.89 Å². The van der Waals surface area contributed by atoms with E-state index in [1.165, 1.54) is 12.4 Å². The molecule has 1 aliphatic rings. The van der Waals surface area contributed by atoms with Crippen LogP contribution in [-0.2, 0) is 10.0 Å². The zero-order chi connectivity index (χ0) is 11.9. The normalized spacial score (nSPS) is 16.0. The molecule has 0 radical (unpaired) electrons. The van der Waals surface area contributed by atoms with Crippen molar-refractivity contribution in [1.29, 1.82) is 0 Å². The fraction of sp³-hybridized carbons (Fsp3) is 0.375. The van der Waals surface area contributed by atoms with Crippen LogP contribution < -0.4 is 4.72 Å². The van der Waals surface area contributed by atoms with Crippen molar-refractivity contribution in [3.05, 3.63) is 18.3 Å². The first kappa shape index (κ1) is 10.3. The molecule has 2 heterocycles. The molecular weight excluding hydrogens is 246 g/mol. The molecule has 0 saturated heterocycles. The highest BCUT2D eigenvalue weighted by molar-refractivity contribution is 7.92. The Hall–Kier alpha value is -1.90. The molecule has 1 fully saturated rings. The summed E-state index contributed by atoms with van der Waals surface area (Å²) in [5.41, 5.74) is 0. The zero-order valence-corrected chi connectivity index (χ0v) is 9.44. The van der Waals surface area contributed by atoms with Crippen LogP contribution in [0.5, 0.6) is 0 Å². The minimum Gasteiger partial charge on any atom is -0.407 e. The average Bonchev–Trinajstić information content (AvgIpc) is 2.81. The van der Waals surface area contributed by atoms with Gasteiger partial charge in [-0.15, -0.1) is 5.10 Å². The summed E-state index contributed by atoms with van der Waals surface area (Å²) in [6, 6.07) is -0.117. The Morgan fingerprint density at radius 2 is 2.24 bits per heavy atom. The van der Waals surface area contributed by atoms with Gasteiger partial charge in [-0.05, 0) is 12.8 Å². The van der Waals surface area contributed by atoms with Crippen molar-refractivity contribution in [3.63, 3.8) is 0 Å². The van der Waals surface area contributed by atoms with E-state index in [-0.39, 0.29) is 16.8 Å². The van der Waals surface area contributed by atoms with Gasteiger partial charge in [-0.3, -0.25) is 5.10 Å². The van der Waals surface area contributed by atoms with Gasteiger partial charge in [0.2, 0.25) is 5.89 Å². The third kappa shape index (κ3) is 2.00. The molecule has 0 aliphatic heterocycles. The number of rotatable bonds is 4. The zero-order valence-electron chi connectivity index (χ0n) is 8.62. The molecule has 2 aromatic rings. The maximum Gasteiger partial charge on any atom is 0.329 e. The van der Waals surface area contributed by atoms with E-state index in [4.69, 9.17) is 4.42 Å². The number of nitrogens with zero attached hydrogens (tertiary/aromatic N) is 3. The Kier molecular flexibility index (Phi) is 2.15. The maximum atomic E-state index is 11.8. The highest BCUT2D eigenvalue weighted by Crippen LogP contribution is 2.39. The fourth-order valence-corrected chi connectivity index (χ4v) is 2.16. The van der Waals surface area contributed by atoms with Gasteiger partial charge < -0.3 is 4.42 Å². The Balaban J connectivity index is 1.81. The van der Waals surface area contributed by atoms with Crippen molar-refractivity contribution in [3.8, 4) is 0 Å². The molecule has 0 atom stereocenters. The molecule has 90 valence electrons. The molecule has 0 unspecified atom stereocenters. The molecule has 3 rings (SSSR count). The first-order valence-electron chi connectivity index (χ1n) is 5.00. The molecule has 8 nitrogen and oxygen atoms in total. The van der Waals surface area contributed by atoms with Crippen LogP contribution in [0.1, 0.15) is 24.7 Å². The highest BCUT2D eigenvalue weighted by atomic mass is 32.2. The van der Waals surface area contributed by atoms with Crippen LogP contribution in [0, 0.1) is 0 Å². The molecule has 1 saturated carbocycles. The third-order valence-electron chi connectivity index (χ3n) is 2.37. The molecule has 0 amide bonds. The number of H-pyrrole nitrogens is 1. The van der Waals surface area contributed by atoms with Gasteiger partial charge in [0.1, 0.15) is 4.90 Å². The molecule has 2 aromatic heterocycles. The number of aromatic nitrogens is 4. The quantitative estimate of drug-likeness (QED) is 0.820.